The maximum Gasteiger partial charge on any atom is 0.229 e. The van der Waals surface area contributed by atoms with Gasteiger partial charge in [0.05, 0.1) is 25.2 Å². The van der Waals surface area contributed by atoms with E-state index in [0.717, 1.165) is 17.4 Å². The molecule has 0 radical (unpaired) electrons. The van der Waals surface area contributed by atoms with Crippen LogP contribution in [0.1, 0.15) is 28.8 Å². The van der Waals surface area contributed by atoms with Crippen molar-refractivity contribution in [3.05, 3.63) is 89.2 Å². The van der Waals surface area contributed by atoms with Crippen molar-refractivity contribution in [2.75, 3.05) is 24.6 Å². The molecule has 0 amide bonds. The highest BCUT2D eigenvalue weighted by atomic mass is 32.2. The number of halogens is 1. The fourth-order valence-electron chi connectivity index (χ4n) is 3.41. The van der Waals surface area contributed by atoms with Crippen molar-refractivity contribution in [3.63, 3.8) is 0 Å². The van der Waals surface area contributed by atoms with Crippen molar-refractivity contribution in [1.82, 2.24) is 5.32 Å². The van der Waals surface area contributed by atoms with Crippen LogP contribution >= 0.6 is 0 Å². The Morgan fingerprint density at radius 2 is 1.64 bits per heavy atom. The summed E-state index contributed by atoms with van der Waals surface area (Å²) in [7, 11) is -2.00. The number of ether oxygens (including phenoxy) is 1. The normalized spacial score (nSPS) is 13.3. The Bertz CT molecular complexity index is 1170. The molecule has 0 spiro atoms. The molecule has 0 aromatic heterocycles. The summed E-state index contributed by atoms with van der Waals surface area (Å²) in [5, 5.41) is 24.0. The number of benzene rings is 3. The van der Waals surface area contributed by atoms with Crippen molar-refractivity contribution in [2.24, 2.45) is 0 Å². The third-order valence-electron chi connectivity index (χ3n) is 5.13. The molecule has 0 bridgehead atoms. The number of methoxy groups -OCH3 is 1. The van der Waals surface area contributed by atoms with Crippen LogP contribution in [0.15, 0.2) is 66.7 Å². The standard InChI is InChI=1S/C24H27FN2O5S/c1-32-20-10-5-17(6-11-20)21(13-16-3-8-19(25)9-4-16)26-15-24(29)18-7-12-23(28)22(14-18)27-33(2,30)31/h3-12,14,21,24,26-29H,13,15H2,1-2H3/t21-,24-/m0/s1. The quantitative estimate of drug-likeness (QED) is 0.335. The molecule has 4 N–H and O–H groups in total. The van der Waals surface area contributed by atoms with E-state index in [1.54, 1.807) is 19.2 Å². The minimum atomic E-state index is -3.59. The Labute approximate surface area is 192 Å². The third kappa shape index (κ3) is 7.18. The van der Waals surface area contributed by atoms with E-state index in [1.165, 1.54) is 30.3 Å². The van der Waals surface area contributed by atoms with Crippen LogP contribution in [0.25, 0.3) is 0 Å². The summed E-state index contributed by atoms with van der Waals surface area (Å²) >= 11 is 0. The first-order valence-corrected chi connectivity index (χ1v) is 12.1. The number of nitrogens with one attached hydrogen (secondary N) is 2. The Hall–Kier alpha value is -3.14. The largest absolute Gasteiger partial charge is 0.506 e. The van der Waals surface area contributed by atoms with Gasteiger partial charge in [-0.1, -0.05) is 30.3 Å². The Kier molecular flexibility index (Phi) is 7.91. The molecule has 2 atom stereocenters. The van der Waals surface area contributed by atoms with Gasteiger partial charge in [-0.15, -0.1) is 0 Å². The zero-order valence-electron chi connectivity index (χ0n) is 18.3. The number of aromatic hydroxyl groups is 1. The molecule has 0 aliphatic rings. The van der Waals surface area contributed by atoms with Crippen LogP contribution < -0.4 is 14.8 Å². The summed E-state index contributed by atoms with van der Waals surface area (Å²) < 4.78 is 43.8. The molecule has 0 fully saturated rings. The van der Waals surface area contributed by atoms with Crippen molar-refractivity contribution in [2.45, 2.75) is 18.6 Å². The van der Waals surface area contributed by atoms with Crippen LogP contribution in [0, 0.1) is 5.82 Å². The monoisotopic (exact) mass is 474 g/mol. The first kappa shape index (κ1) is 24.5. The summed E-state index contributed by atoms with van der Waals surface area (Å²) in [6, 6.07) is 17.8. The van der Waals surface area contributed by atoms with Gasteiger partial charge in [0.2, 0.25) is 10.0 Å². The molecule has 9 heteroatoms. The Morgan fingerprint density at radius 3 is 2.24 bits per heavy atom. The minimum absolute atomic E-state index is 0.00735. The second kappa shape index (κ2) is 10.7. The van der Waals surface area contributed by atoms with Crippen molar-refractivity contribution in [1.29, 1.82) is 0 Å². The van der Waals surface area contributed by atoms with Crippen molar-refractivity contribution in [3.8, 4) is 11.5 Å². The van der Waals surface area contributed by atoms with E-state index in [4.69, 9.17) is 4.74 Å². The van der Waals surface area contributed by atoms with Crippen LogP contribution in [0.2, 0.25) is 0 Å². The molecule has 3 rings (SSSR count). The lowest BCUT2D eigenvalue weighted by atomic mass is 9.98. The average Bonchev–Trinajstić information content (AvgIpc) is 2.78. The maximum atomic E-state index is 13.3. The van der Waals surface area contributed by atoms with Crippen molar-refractivity contribution >= 4 is 15.7 Å². The molecular weight excluding hydrogens is 447 g/mol. The summed E-state index contributed by atoms with van der Waals surface area (Å²) in [5.41, 5.74) is 2.30. The molecule has 0 aliphatic heterocycles. The number of sulfonamides is 1. The van der Waals surface area contributed by atoms with E-state index in [9.17, 15) is 23.0 Å². The van der Waals surface area contributed by atoms with E-state index in [1.807, 2.05) is 24.3 Å². The Balaban J connectivity index is 1.77. The molecule has 3 aromatic carbocycles. The van der Waals surface area contributed by atoms with Crippen LogP contribution in [-0.4, -0.2) is 38.5 Å². The van der Waals surface area contributed by atoms with Gasteiger partial charge in [0, 0.05) is 12.6 Å². The van der Waals surface area contributed by atoms with E-state index >= 15 is 0 Å². The summed E-state index contributed by atoms with van der Waals surface area (Å²) in [6.45, 7) is 0.154. The van der Waals surface area contributed by atoms with Gasteiger partial charge in [-0.25, -0.2) is 12.8 Å². The highest BCUT2D eigenvalue weighted by molar-refractivity contribution is 7.92. The number of anilines is 1. The van der Waals surface area contributed by atoms with Gasteiger partial charge in [-0.3, -0.25) is 4.72 Å². The van der Waals surface area contributed by atoms with Gasteiger partial charge in [-0.2, -0.15) is 0 Å². The molecule has 3 aromatic rings. The number of hydrogen-bond donors (Lipinski definition) is 4. The smallest absolute Gasteiger partial charge is 0.229 e. The fraction of sp³-hybridized carbons (Fsp3) is 0.250. The van der Waals surface area contributed by atoms with Crippen LogP contribution in [-0.2, 0) is 16.4 Å². The number of aliphatic hydroxyl groups excluding tert-OH is 1. The van der Waals surface area contributed by atoms with E-state index in [2.05, 4.69) is 10.0 Å². The molecule has 176 valence electrons. The summed E-state index contributed by atoms with van der Waals surface area (Å²) in [6.07, 6.45) is 0.557. The Morgan fingerprint density at radius 1 is 1.00 bits per heavy atom. The number of phenolic OH excluding ortho intramolecular Hbond substituents is 1. The first-order chi connectivity index (χ1) is 15.6. The van der Waals surface area contributed by atoms with Crippen LogP contribution in [0.4, 0.5) is 10.1 Å². The molecule has 0 saturated carbocycles. The third-order valence-corrected chi connectivity index (χ3v) is 5.72. The lowest BCUT2D eigenvalue weighted by Gasteiger charge is -2.22. The number of rotatable bonds is 10. The summed E-state index contributed by atoms with van der Waals surface area (Å²) in [4.78, 5) is 0. The highest BCUT2D eigenvalue weighted by Gasteiger charge is 2.17. The lowest BCUT2D eigenvalue weighted by molar-refractivity contribution is 0.169. The number of hydrogen-bond acceptors (Lipinski definition) is 6. The van der Waals surface area contributed by atoms with E-state index in [0.29, 0.717) is 17.7 Å². The van der Waals surface area contributed by atoms with Gasteiger partial charge < -0.3 is 20.3 Å². The number of aliphatic hydroxyl groups is 1. The zero-order chi connectivity index (χ0) is 24.0. The molecule has 0 heterocycles. The average molecular weight is 475 g/mol. The highest BCUT2D eigenvalue weighted by Crippen LogP contribution is 2.28. The first-order valence-electron chi connectivity index (χ1n) is 10.2. The zero-order valence-corrected chi connectivity index (χ0v) is 19.1. The van der Waals surface area contributed by atoms with E-state index in [-0.39, 0.29) is 29.8 Å². The molecule has 0 unspecified atom stereocenters. The maximum absolute atomic E-state index is 13.3. The van der Waals surface area contributed by atoms with Crippen molar-refractivity contribution < 1.29 is 27.8 Å². The van der Waals surface area contributed by atoms with Gasteiger partial charge in [0.15, 0.2) is 0 Å². The molecule has 0 saturated heterocycles. The SMILES string of the molecule is COc1ccc([C@H](Cc2ccc(F)cc2)NC[C@H](O)c2ccc(O)c(NS(C)(=O)=O)c2)cc1. The lowest BCUT2D eigenvalue weighted by Crippen LogP contribution is -2.28. The van der Waals surface area contributed by atoms with Crippen LogP contribution in [0.3, 0.4) is 0 Å². The predicted octanol–water partition coefficient (Wildman–Crippen LogP) is 3.52. The molecule has 0 aliphatic carbocycles. The van der Waals surface area contributed by atoms with Gasteiger partial charge in [-0.05, 0) is 59.5 Å². The molecule has 7 nitrogen and oxygen atoms in total. The molecular formula is C24H27FN2O5S. The number of phenols is 1. The van der Waals surface area contributed by atoms with E-state index < -0.39 is 16.1 Å². The van der Waals surface area contributed by atoms with Gasteiger partial charge >= 0.3 is 0 Å². The minimum Gasteiger partial charge on any atom is -0.506 e. The molecule has 33 heavy (non-hydrogen) atoms. The van der Waals surface area contributed by atoms with Gasteiger partial charge in [0.25, 0.3) is 0 Å². The summed E-state index contributed by atoms with van der Waals surface area (Å²) in [5.74, 6) is 0.167. The van der Waals surface area contributed by atoms with Gasteiger partial charge in [0.1, 0.15) is 17.3 Å². The fourth-order valence-corrected chi connectivity index (χ4v) is 3.98. The topological polar surface area (TPSA) is 108 Å². The second-order valence-electron chi connectivity index (χ2n) is 7.73. The predicted molar refractivity (Wildman–Crippen MR) is 125 cm³/mol. The second-order valence-corrected chi connectivity index (χ2v) is 9.48. The van der Waals surface area contributed by atoms with Crippen LogP contribution in [0.5, 0.6) is 11.5 Å².